The van der Waals surface area contributed by atoms with E-state index in [0.717, 1.165) is 24.9 Å². The number of nitrogens with one attached hydrogen (secondary N) is 1. The van der Waals surface area contributed by atoms with Crippen molar-refractivity contribution in [2.24, 2.45) is 0 Å². The highest BCUT2D eigenvalue weighted by Crippen LogP contribution is 2.22. The van der Waals surface area contributed by atoms with Gasteiger partial charge in [-0.1, -0.05) is 31.5 Å². The maximum Gasteiger partial charge on any atom is 0.141 e. The second kappa shape index (κ2) is 6.09. The van der Waals surface area contributed by atoms with Gasteiger partial charge < -0.3 is 5.32 Å². The minimum atomic E-state index is -0.356. The Bertz CT molecular complexity index is 314. The molecule has 84 valence electrons. The summed E-state index contributed by atoms with van der Waals surface area (Å²) in [5.41, 5.74) is 1.05. The lowest BCUT2D eigenvalue weighted by molar-refractivity contribution is 0.517. The molecule has 0 radical (unpaired) electrons. The van der Waals surface area contributed by atoms with Crippen molar-refractivity contribution in [3.8, 4) is 0 Å². The van der Waals surface area contributed by atoms with Crippen LogP contribution in [-0.2, 0) is 0 Å². The molecule has 0 aliphatic carbocycles. The van der Waals surface area contributed by atoms with Crippen LogP contribution in [-0.4, -0.2) is 6.54 Å². The summed E-state index contributed by atoms with van der Waals surface area (Å²) in [5.74, 6) is -0.356. The van der Waals surface area contributed by atoms with Crippen LogP contribution in [0, 0.1) is 5.82 Å². The Balaban J connectivity index is 2.78. The monoisotopic (exact) mass is 229 g/mol. The number of hydrogen-bond donors (Lipinski definition) is 1. The molecule has 0 bridgehead atoms. The van der Waals surface area contributed by atoms with Gasteiger partial charge in [0.1, 0.15) is 5.82 Å². The molecule has 1 N–H and O–H groups in total. The second-order valence-corrected chi connectivity index (χ2v) is 4.00. The Kier molecular flexibility index (Phi) is 5.06. The Labute approximate surface area is 95.6 Å². The van der Waals surface area contributed by atoms with Gasteiger partial charge in [0.25, 0.3) is 0 Å². The summed E-state index contributed by atoms with van der Waals surface area (Å²) in [7, 11) is 0. The Hall–Kier alpha value is -0.600. The van der Waals surface area contributed by atoms with Crippen molar-refractivity contribution in [1.29, 1.82) is 0 Å². The van der Waals surface area contributed by atoms with Crippen LogP contribution < -0.4 is 5.32 Å². The maximum atomic E-state index is 13.0. The van der Waals surface area contributed by atoms with E-state index in [1.54, 1.807) is 12.1 Å². The first kappa shape index (κ1) is 12.5. The highest BCUT2D eigenvalue weighted by Gasteiger charge is 2.09. The van der Waals surface area contributed by atoms with Gasteiger partial charge in [0.2, 0.25) is 0 Å². The van der Waals surface area contributed by atoms with E-state index in [0.29, 0.717) is 0 Å². The van der Waals surface area contributed by atoms with Crippen molar-refractivity contribution >= 4 is 11.6 Å². The van der Waals surface area contributed by atoms with E-state index < -0.39 is 0 Å². The van der Waals surface area contributed by atoms with Gasteiger partial charge in [0.05, 0.1) is 5.02 Å². The third kappa shape index (κ3) is 3.47. The first-order valence-corrected chi connectivity index (χ1v) is 5.75. The lowest BCUT2D eigenvalue weighted by atomic mass is 10.0. The molecule has 0 aromatic heterocycles. The third-order valence-electron chi connectivity index (χ3n) is 2.40. The molecule has 1 aromatic rings. The quantitative estimate of drug-likeness (QED) is 0.807. The largest absolute Gasteiger partial charge is 0.310 e. The molecule has 1 aromatic carbocycles. The van der Waals surface area contributed by atoms with E-state index in [1.807, 2.05) is 0 Å². The molecule has 0 spiro atoms. The summed E-state index contributed by atoms with van der Waals surface area (Å²) in [6, 6.07) is 5.18. The van der Waals surface area contributed by atoms with Crippen LogP contribution in [0.4, 0.5) is 4.39 Å². The molecule has 1 nitrogen and oxygen atoms in total. The molecule has 0 saturated heterocycles. The van der Waals surface area contributed by atoms with E-state index in [-0.39, 0.29) is 16.9 Å². The van der Waals surface area contributed by atoms with Crippen LogP contribution in [0.5, 0.6) is 0 Å². The topological polar surface area (TPSA) is 12.0 Å². The molecule has 0 saturated carbocycles. The molecule has 1 rings (SSSR count). The first-order chi connectivity index (χ1) is 7.19. The van der Waals surface area contributed by atoms with E-state index in [9.17, 15) is 4.39 Å². The number of halogens is 2. The van der Waals surface area contributed by atoms with E-state index in [4.69, 9.17) is 11.6 Å². The van der Waals surface area contributed by atoms with Crippen molar-refractivity contribution in [2.75, 3.05) is 6.54 Å². The molecule has 1 atom stereocenters. The van der Waals surface area contributed by atoms with E-state index >= 15 is 0 Å². The molecule has 0 aliphatic rings. The summed E-state index contributed by atoms with van der Waals surface area (Å²) in [6.07, 6.45) is 2.06. The second-order valence-electron chi connectivity index (χ2n) is 3.59. The zero-order chi connectivity index (χ0) is 11.3. The third-order valence-corrected chi connectivity index (χ3v) is 2.68. The van der Waals surface area contributed by atoms with Crippen molar-refractivity contribution in [2.45, 2.75) is 32.7 Å². The lowest BCUT2D eigenvalue weighted by Crippen LogP contribution is -2.21. The molecule has 15 heavy (non-hydrogen) atoms. The SMILES string of the molecule is CCCNC(CC)c1ccc(F)c(Cl)c1. The van der Waals surface area contributed by atoms with Crippen molar-refractivity contribution in [3.63, 3.8) is 0 Å². The average Bonchev–Trinajstić information content (AvgIpc) is 2.24. The summed E-state index contributed by atoms with van der Waals surface area (Å²) < 4.78 is 13.0. The number of rotatable bonds is 5. The van der Waals surface area contributed by atoms with Crippen molar-refractivity contribution < 1.29 is 4.39 Å². The van der Waals surface area contributed by atoms with Crippen LogP contribution in [0.1, 0.15) is 38.3 Å². The highest BCUT2D eigenvalue weighted by atomic mass is 35.5. The summed E-state index contributed by atoms with van der Waals surface area (Å²) >= 11 is 5.75. The van der Waals surface area contributed by atoms with Crippen LogP contribution in [0.3, 0.4) is 0 Å². The van der Waals surface area contributed by atoms with E-state index in [2.05, 4.69) is 19.2 Å². The zero-order valence-electron chi connectivity index (χ0n) is 9.19. The zero-order valence-corrected chi connectivity index (χ0v) is 9.94. The molecular formula is C12H17ClFN. The fraction of sp³-hybridized carbons (Fsp3) is 0.500. The standard InChI is InChI=1S/C12H17ClFN/c1-3-7-15-12(4-2)9-5-6-11(14)10(13)8-9/h5-6,8,12,15H,3-4,7H2,1-2H3. The number of benzene rings is 1. The summed E-state index contributed by atoms with van der Waals surface area (Å²) in [6.45, 7) is 5.19. The van der Waals surface area contributed by atoms with E-state index in [1.165, 1.54) is 6.07 Å². The van der Waals surface area contributed by atoms with Gasteiger partial charge in [0, 0.05) is 6.04 Å². The maximum absolute atomic E-state index is 13.0. The minimum Gasteiger partial charge on any atom is -0.310 e. The Morgan fingerprint density at radius 1 is 1.40 bits per heavy atom. The molecule has 0 amide bonds. The highest BCUT2D eigenvalue weighted by molar-refractivity contribution is 6.30. The van der Waals surface area contributed by atoms with Crippen LogP contribution in [0.15, 0.2) is 18.2 Å². The number of hydrogen-bond acceptors (Lipinski definition) is 1. The Morgan fingerprint density at radius 3 is 2.67 bits per heavy atom. The van der Waals surface area contributed by atoms with Crippen LogP contribution in [0.2, 0.25) is 5.02 Å². The fourth-order valence-corrected chi connectivity index (χ4v) is 1.73. The lowest BCUT2D eigenvalue weighted by Gasteiger charge is -2.17. The van der Waals surface area contributed by atoms with Gasteiger partial charge >= 0.3 is 0 Å². The Morgan fingerprint density at radius 2 is 2.13 bits per heavy atom. The summed E-state index contributed by atoms with van der Waals surface area (Å²) in [4.78, 5) is 0. The predicted molar refractivity (Wildman–Crippen MR) is 62.7 cm³/mol. The normalized spacial score (nSPS) is 12.8. The first-order valence-electron chi connectivity index (χ1n) is 5.37. The van der Waals surface area contributed by atoms with Gasteiger partial charge in [-0.25, -0.2) is 4.39 Å². The molecule has 0 heterocycles. The van der Waals surface area contributed by atoms with Gasteiger partial charge in [-0.05, 0) is 37.1 Å². The summed E-state index contributed by atoms with van der Waals surface area (Å²) in [5, 5.41) is 3.60. The average molecular weight is 230 g/mol. The van der Waals surface area contributed by atoms with Crippen molar-refractivity contribution in [3.05, 3.63) is 34.6 Å². The van der Waals surface area contributed by atoms with Crippen LogP contribution in [0.25, 0.3) is 0 Å². The molecular weight excluding hydrogens is 213 g/mol. The molecule has 3 heteroatoms. The smallest absolute Gasteiger partial charge is 0.141 e. The van der Waals surface area contributed by atoms with Gasteiger partial charge in [-0.3, -0.25) is 0 Å². The van der Waals surface area contributed by atoms with Crippen LogP contribution >= 0.6 is 11.6 Å². The minimum absolute atomic E-state index is 0.198. The predicted octanol–water partition coefficient (Wildman–Crippen LogP) is 3.93. The molecule has 0 fully saturated rings. The van der Waals surface area contributed by atoms with Gasteiger partial charge in [0.15, 0.2) is 0 Å². The molecule has 1 unspecified atom stereocenters. The van der Waals surface area contributed by atoms with Gasteiger partial charge in [-0.2, -0.15) is 0 Å². The van der Waals surface area contributed by atoms with Gasteiger partial charge in [-0.15, -0.1) is 0 Å². The fourth-order valence-electron chi connectivity index (χ4n) is 1.55. The molecule has 0 aliphatic heterocycles. The van der Waals surface area contributed by atoms with Crippen molar-refractivity contribution in [1.82, 2.24) is 5.32 Å².